The first-order valence-electron chi connectivity index (χ1n) is 11.4. The standard InChI is InChI=1S/C25H27N5O2S/c1-2-20(29-13-12-21(31)27-19-11-7-6-10-18(19)15-29)23-28-24-22(26-16-33-24)25(32)30(23)14-17-8-4-3-5-9-17/h3-11,16,20,22,24H,2,12-15H2,1H3,(H,27,31). The summed E-state index contributed by atoms with van der Waals surface area (Å²) in [6.45, 7) is 3.86. The lowest BCUT2D eigenvalue weighted by Crippen LogP contribution is -2.56. The normalized spacial score (nSPS) is 23.8. The molecule has 2 aromatic rings. The third-order valence-corrected chi connectivity index (χ3v) is 7.23. The summed E-state index contributed by atoms with van der Waals surface area (Å²) in [4.78, 5) is 39.6. The molecule has 3 aliphatic heterocycles. The SMILES string of the molecule is CCC(C1=NC2SC=NC2C(=O)N1Cc1ccccc1)N1CCC(=O)Nc2ccccc2C1. The second-order valence-corrected chi connectivity index (χ2v) is 9.44. The van der Waals surface area contributed by atoms with Crippen molar-refractivity contribution < 1.29 is 9.59 Å². The summed E-state index contributed by atoms with van der Waals surface area (Å²) in [5, 5.41) is 2.81. The molecule has 0 aliphatic carbocycles. The fourth-order valence-electron chi connectivity index (χ4n) is 4.67. The molecule has 0 saturated heterocycles. The third kappa shape index (κ3) is 4.45. The summed E-state index contributed by atoms with van der Waals surface area (Å²) in [5.41, 5.74) is 4.72. The Balaban J connectivity index is 1.51. The second kappa shape index (κ2) is 9.49. The summed E-state index contributed by atoms with van der Waals surface area (Å²) in [5.74, 6) is 0.785. The number of para-hydroxylation sites is 1. The molecule has 5 rings (SSSR count). The molecule has 1 N–H and O–H groups in total. The van der Waals surface area contributed by atoms with E-state index in [1.165, 1.54) is 11.8 Å². The van der Waals surface area contributed by atoms with Gasteiger partial charge in [0.2, 0.25) is 5.91 Å². The molecule has 0 aromatic heterocycles. The summed E-state index contributed by atoms with van der Waals surface area (Å²) in [7, 11) is 0. The Morgan fingerprint density at radius 2 is 1.91 bits per heavy atom. The predicted octanol–water partition coefficient (Wildman–Crippen LogP) is 3.52. The van der Waals surface area contributed by atoms with Crippen molar-refractivity contribution in [1.29, 1.82) is 0 Å². The first-order chi connectivity index (χ1) is 16.1. The number of amides is 2. The number of nitrogens with one attached hydrogen (secondary N) is 1. The van der Waals surface area contributed by atoms with Gasteiger partial charge in [0.1, 0.15) is 11.2 Å². The molecule has 170 valence electrons. The first kappa shape index (κ1) is 21.9. The number of aliphatic imine (C=N–C) groups is 2. The van der Waals surface area contributed by atoms with Crippen LogP contribution in [0.25, 0.3) is 0 Å². The fourth-order valence-corrected chi connectivity index (χ4v) is 5.50. The molecule has 0 saturated carbocycles. The van der Waals surface area contributed by atoms with Crippen molar-refractivity contribution in [2.75, 3.05) is 11.9 Å². The van der Waals surface area contributed by atoms with Crippen LogP contribution in [0.1, 0.15) is 30.9 Å². The van der Waals surface area contributed by atoms with Crippen LogP contribution in [0.4, 0.5) is 5.69 Å². The highest BCUT2D eigenvalue weighted by Gasteiger charge is 2.43. The van der Waals surface area contributed by atoms with Gasteiger partial charge in [-0.15, -0.1) is 0 Å². The number of carbonyl (C=O) groups excluding carboxylic acids is 2. The van der Waals surface area contributed by atoms with Crippen molar-refractivity contribution in [3.05, 3.63) is 65.7 Å². The Bertz CT molecular complexity index is 1100. The van der Waals surface area contributed by atoms with Gasteiger partial charge in [0, 0.05) is 25.2 Å². The van der Waals surface area contributed by atoms with E-state index in [4.69, 9.17) is 4.99 Å². The van der Waals surface area contributed by atoms with Crippen molar-refractivity contribution in [3.8, 4) is 0 Å². The third-order valence-electron chi connectivity index (χ3n) is 6.35. The van der Waals surface area contributed by atoms with Crippen LogP contribution < -0.4 is 5.32 Å². The van der Waals surface area contributed by atoms with E-state index in [0.717, 1.165) is 29.1 Å². The molecule has 0 bridgehead atoms. The maximum absolute atomic E-state index is 13.5. The number of amidine groups is 1. The fraction of sp³-hybridized carbons (Fsp3) is 0.360. The minimum atomic E-state index is -0.459. The van der Waals surface area contributed by atoms with E-state index >= 15 is 0 Å². The van der Waals surface area contributed by atoms with Crippen molar-refractivity contribution in [3.63, 3.8) is 0 Å². The number of nitrogens with zero attached hydrogens (tertiary/aromatic N) is 4. The van der Waals surface area contributed by atoms with Crippen LogP contribution in [-0.4, -0.2) is 57.0 Å². The molecule has 7 nitrogen and oxygen atoms in total. The lowest BCUT2D eigenvalue weighted by Gasteiger charge is -2.40. The second-order valence-electron chi connectivity index (χ2n) is 8.47. The molecule has 2 aromatic carbocycles. The number of thioether (sulfide) groups is 1. The van der Waals surface area contributed by atoms with Crippen LogP contribution in [-0.2, 0) is 22.7 Å². The molecule has 3 aliphatic rings. The summed E-state index contributed by atoms with van der Waals surface area (Å²) >= 11 is 1.50. The van der Waals surface area contributed by atoms with Crippen LogP contribution in [0.3, 0.4) is 0 Å². The van der Waals surface area contributed by atoms with E-state index in [9.17, 15) is 9.59 Å². The van der Waals surface area contributed by atoms with Gasteiger partial charge in [-0.2, -0.15) is 0 Å². The number of hydrogen-bond donors (Lipinski definition) is 1. The molecule has 3 unspecified atom stereocenters. The van der Waals surface area contributed by atoms with E-state index < -0.39 is 6.04 Å². The van der Waals surface area contributed by atoms with Crippen molar-refractivity contribution >= 4 is 40.6 Å². The minimum absolute atomic E-state index is 0.00117. The molecule has 33 heavy (non-hydrogen) atoms. The molecule has 3 heterocycles. The van der Waals surface area contributed by atoms with E-state index in [2.05, 4.69) is 22.1 Å². The van der Waals surface area contributed by atoms with E-state index in [1.807, 2.05) is 59.5 Å². The largest absolute Gasteiger partial charge is 0.326 e. The maximum Gasteiger partial charge on any atom is 0.256 e. The van der Waals surface area contributed by atoms with Crippen LogP contribution in [0, 0.1) is 0 Å². The van der Waals surface area contributed by atoms with Gasteiger partial charge in [-0.1, -0.05) is 67.2 Å². The maximum atomic E-state index is 13.5. The molecular weight excluding hydrogens is 434 g/mol. The van der Waals surface area contributed by atoms with Gasteiger partial charge in [-0.25, -0.2) is 0 Å². The molecule has 3 atom stereocenters. The number of anilines is 1. The lowest BCUT2D eigenvalue weighted by molar-refractivity contribution is -0.130. The van der Waals surface area contributed by atoms with Gasteiger partial charge in [0.15, 0.2) is 6.04 Å². The van der Waals surface area contributed by atoms with Gasteiger partial charge < -0.3 is 5.32 Å². The van der Waals surface area contributed by atoms with E-state index in [-0.39, 0.29) is 23.2 Å². The number of carbonyl (C=O) groups is 2. The zero-order valence-corrected chi connectivity index (χ0v) is 19.4. The van der Waals surface area contributed by atoms with Gasteiger partial charge in [0.25, 0.3) is 5.91 Å². The first-order valence-corrected chi connectivity index (χ1v) is 12.3. The summed E-state index contributed by atoms with van der Waals surface area (Å²) < 4.78 is 0. The molecule has 0 fully saturated rings. The average Bonchev–Trinajstić information content (AvgIpc) is 3.30. The summed E-state index contributed by atoms with van der Waals surface area (Å²) in [6, 6.07) is 17.4. The Hall–Kier alpha value is -2.97. The van der Waals surface area contributed by atoms with Crippen molar-refractivity contribution in [2.24, 2.45) is 9.98 Å². The van der Waals surface area contributed by atoms with Crippen molar-refractivity contribution in [2.45, 2.75) is 50.3 Å². The van der Waals surface area contributed by atoms with Crippen LogP contribution >= 0.6 is 11.8 Å². The number of rotatable bonds is 5. The molecular formula is C25H27N5O2S. The highest BCUT2D eigenvalue weighted by molar-refractivity contribution is 8.13. The van der Waals surface area contributed by atoms with Crippen LogP contribution in [0.5, 0.6) is 0 Å². The number of benzene rings is 2. The monoisotopic (exact) mass is 461 g/mol. The van der Waals surface area contributed by atoms with E-state index in [0.29, 0.717) is 26.1 Å². The van der Waals surface area contributed by atoms with Gasteiger partial charge in [0.05, 0.1) is 18.1 Å². The molecule has 0 radical (unpaired) electrons. The molecule has 0 spiro atoms. The summed E-state index contributed by atoms with van der Waals surface area (Å²) in [6.07, 6.45) is 1.18. The van der Waals surface area contributed by atoms with E-state index in [1.54, 1.807) is 5.55 Å². The zero-order chi connectivity index (χ0) is 22.8. The number of fused-ring (bicyclic) bond motifs is 2. The highest BCUT2D eigenvalue weighted by Crippen LogP contribution is 2.32. The minimum Gasteiger partial charge on any atom is -0.326 e. The van der Waals surface area contributed by atoms with Gasteiger partial charge >= 0.3 is 0 Å². The topological polar surface area (TPSA) is 77.4 Å². The zero-order valence-electron chi connectivity index (χ0n) is 18.6. The quantitative estimate of drug-likeness (QED) is 0.739. The van der Waals surface area contributed by atoms with Crippen LogP contribution in [0.2, 0.25) is 0 Å². The van der Waals surface area contributed by atoms with Gasteiger partial charge in [-0.05, 0) is 23.6 Å². The smallest absolute Gasteiger partial charge is 0.256 e. The Kier molecular flexibility index (Phi) is 6.28. The molecule has 8 heteroatoms. The predicted molar refractivity (Wildman–Crippen MR) is 132 cm³/mol. The Morgan fingerprint density at radius 3 is 2.73 bits per heavy atom. The van der Waals surface area contributed by atoms with Gasteiger partial charge in [-0.3, -0.25) is 29.4 Å². The Labute approximate surface area is 198 Å². The van der Waals surface area contributed by atoms with Crippen LogP contribution in [0.15, 0.2) is 64.6 Å². The average molecular weight is 462 g/mol. The highest BCUT2D eigenvalue weighted by atomic mass is 32.2. The van der Waals surface area contributed by atoms with Crippen molar-refractivity contribution in [1.82, 2.24) is 9.80 Å². The lowest BCUT2D eigenvalue weighted by atomic mass is 10.0. The molecule has 2 amide bonds. The number of hydrogen-bond acceptors (Lipinski definition) is 6. The Morgan fingerprint density at radius 1 is 1.12 bits per heavy atom.